The van der Waals surface area contributed by atoms with Gasteiger partial charge < -0.3 is 14.4 Å². The van der Waals surface area contributed by atoms with E-state index in [9.17, 15) is 5.26 Å². The standard InChI is InChI=1S/C102H86BN5/c1-99(2,3)76-34-24-31-70(53-76)71-47-52-92-89(60-71)103-88-51-50-81(106-90-39-22-20-37-82(90)83-38-21-23-40-91(83)106)63-93(88)108(98-85(69-29-18-15-19-30-69)57-75(67-45-48-80(105-13)49-46-67)59-87(98)73-33-26-36-78(55-73)101(7,8)9)95-62-79(102(10,11)12)61-94(96(95)103)107(92)97-84(68-27-16-14-17-28-68)56-74(66-43-41-65(64-104)42-44-66)58-86(97)72-32-25-35-77(54-72)100(4,5)6/h14-63H,1-12H3. The van der Waals surface area contributed by atoms with Crippen molar-refractivity contribution in [1.82, 2.24) is 4.57 Å². The highest BCUT2D eigenvalue weighted by molar-refractivity contribution is 7.00. The van der Waals surface area contributed by atoms with Gasteiger partial charge in [0.05, 0.1) is 40.6 Å². The molecule has 0 radical (unpaired) electrons. The van der Waals surface area contributed by atoms with Crippen LogP contribution >= 0.6 is 0 Å². The summed E-state index contributed by atoms with van der Waals surface area (Å²) in [6, 6.07) is 116. The minimum Gasteiger partial charge on any atom is -0.310 e. The summed E-state index contributed by atoms with van der Waals surface area (Å²) in [5.41, 5.74) is 33.9. The molecular weight excluding hydrogens is 1310 g/mol. The third-order valence-electron chi connectivity index (χ3n) is 22.4. The number of fused-ring (bicyclic) bond motifs is 7. The number of hydrogen-bond acceptors (Lipinski definition) is 3. The third-order valence-corrected chi connectivity index (χ3v) is 22.4. The lowest BCUT2D eigenvalue weighted by Crippen LogP contribution is -2.61. The quantitative estimate of drug-likeness (QED) is 0.101. The first-order chi connectivity index (χ1) is 52.0. The molecule has 0 fully saturated rings. The first-order valence-electron chi connectivity index (χ1n) is 37.8. The number of benzene rings is 14. The van der Waals surface area contributed by atoms with Gasteiger partial charge in [0.1, 0.15) is 0 Å². The van der Waals surface area contributed by atoms with Crippen molar-refractivity contribution >= 4 is 84.7 Å². The first kappa shape index (κ1) is 68.6. The number of hydrogen-bond donors (Lipinski definition) is 0. The van der Waals surface area contributed by atoms with Crippen molar-refractivity contribution in [3.8, 4) is 89.6 Å². The van der Waals surface area contributed by atoms with E-state index in [1.54, 1.807) is 0 Å². The van der Waals surface area contributed by atoms with Crippen LogP contribution in [0.2, 0.25) is 0 Å². The summed E-state index contributed by atoms with van der Waals surface area (Å²) in [6.07, 6.45) is 0. The summed E-state index contributed by atoms with van der Waals surface area (Å²) >= 11 is 0. The molecule has 0 unspecified atom stereocenters. The molecule has 2 aliphatic rings. The van der Waals surface area contributed by atoms with Gasteiger partial charge in [0.25, 0.3) is 6.71 Å². The zero-order valence-electron chi connectivity index (χ0n) is 63.7. The van der Waals surface area contributed by atoms with E-state index in [0.29, 0.717) is 11.3 Å². The van der Waals surface area contributed by atoms with E-state index in [-0.39, 0.29) is 28.4 Å². The third kappa shape index (κ3) is 12.1. The Hall–Kier alpha value is -12.5. The number of nitrogens with zero attached hydrogens (tertiary/aromatic N) is 5. The maximum absolute atomic E-state index is 10.2. The van der Waals surface area contributed by atoms with Gasteiger partial charge in [-0.3, -0.25) is 0 Å². The Kier molecular flexibility index (Phi) is 16.7. The summed E-state index contributed by atoms with van der Waals surface area (Å²) in [5.74, 6) is 0. The van der Waals surface area contributed by atoms with Gasteiger partial charge in [0.2, 0.25) is 0 Å². The van der Waals surface area contributed by atoms with Crippen LogP contribution in [0.1, 0.15) is 111 Å². The molecule has 0 saturated carbocycles. The van der Waals surface area contributed by atoms with E-state index in [2.05, 4.69) is 387 Å². The number of nitriles is 1. The Morgan fingerprint density at radius 2 is 0.722 bits per heavy atom. The molecular formula is C102H86BN5. The monoisotopic (exact) mass is 1390 g/mol. The van der Waals surface area contributed by atoms with Gasteiger partial charge in [-0.25, -0.2) is 4.85 Å². The van der Waals surface area contributed by atoms with Crippen LogP contribution < -0.4 is 26.2 Å². The summed E-state index contributed by atoms with van der Waals surface area (Å²) < 4.78 is 2.48. The summed E-state index contributed by atoms with van der Waals surface area (Å²) in [7, 11) is 0. The van der Waals surface area contributed by atoms with Gasteiger partial charge in [-0.2, -0.15) is 5.26 Å². The second kappa shape index (κ2) is 26.2. The fourth-order valence-corrected chi connectivity index (χ4v) is 16.6. The van der Waals surface area contributed by atoms with E-state index < -0.39 is 0 Å². The maximum atomic E-state index is 10.2. The minimum absolute atomic E-state index is 0.0926. The van der Waals surface area contributed by atoms with E-state index in [0.717, 1.165) is 123 Å². The highest BCUT2D eigenvalue weighted by Gasteiger charge is 2.47. The Morgan fingerprint density at radius 1 is 0.315 bits per heavy atom. The van der Waals surface area contributed by atoms with E-state index >= 15 is 0 Å². The Balaban J connectivity index is 1.07. The molecule has 6 heteroatoms. The zero-order valence-corrected chi connectivity index (χ0v) is 63.7. The molecule has 1 aromatic heterocycles. The van der Waals surface area contributed by atoms with E-state index in [4.69, 9.17) is 6.57 Å². The molecule has 2 aliphatic heterocycles. The average Bonchev–Trinajstić information content (AvgIpc) is 0.793. The predicted octanol–water partition coefficient (Wildman–Crippen LogP) is 26.1. The van der Waals surface area contributed by atoms with Crippen LogP contribution in [-0.2, 0) is 21.7 Å². The Morgan fingerprint density at radius 3 is 1.19 bits per heavy atom. The highest BCUT2D eigenvalue weighted by atomic mass is 15.2. The van der Waals surface area contributed by atoms with Gasteiger partial charge in [-0.15, -0.1) is 0 Å². The van der Waals surface area contributed by atoms with Crippen LogP contribution in [0.5, 0.6) is 0 Å². The molecule has 0 saturated heterocycles. The molecule has 0 aliphatic carbocycles. The van der Waals surface area contributed by atoms with Crippen LogP contribution in [0.25, 0.3) is 110 Å². The molecule has 522 valence electrons. The Bertz CT molecular complexity index is 6120. The first-order valence-corrected chi connectivity index (χ1v) is 37.8. The smallest absolute Gasteiger partial charge is 0.252 e. The number of anilines is 6. The Labute approximate surface area is 637 Å². The highest BCUT2D eigenvalue weighted by Crippen LogP contribution is 2.56. The van der Waals surface area contributed by atoms with Crippen molar-refractivity contribution in [2.45, 2.75) is 105 Å². The summed E-state index contributed by atoms with van der Waals surface area (Å²) in [5, 5.41) is 12.6. The topological polar surface area (TPSA) is 39.6 Å². The average molecular weight is 1390 g/mol. The van der Waals surface area contributed by atoms with Crippen molar-refractivity contribution in [3.63, 3.8) is 0 Å². The van der Waals surface area contributed by atoms with Crippen molar-refractivity contribution in [2.75, 3.05) is 9.80 Å². The molecule has 5 nitrogen and oxygen atoms in total. The number of para-hydroxylation sites is 2. The van der Waals surface area contributed by atoms with Crippen LogP contribution in [-0.4, -0.2) is 11.3 Å². The van der Waals surface area contributed by atoms with Crippen molar-refractivity contribution in [2.24, 2.45) is 0 Å². The molecule has 14 aromatic carbocycles. The lowest BCUT2D eigenvalue weighted by Gasteiger charge is -2.46. The molecule has 15 aromatic rings. The number of aromatic nitrogens is 1. The van der Waals surface area contributed by atoms with Gasteiger partial charge in [-0.05, 0) is 195 Å². The van der Waals surface area contributed by atoms with Crippen molar-refractivity contribution in [3.05, 3.63) is 343 Å². The van der Waals surface area contributed by atoms with Crippen LogP contribution in [0.4, 0.5) is 39.8 Å². The molecule has 3 heterocycles. The predicted molar refractivity (Wildman–Crippen MR) is 459 cm³/mol. The molecule has 0 atom stereocenters. The second-order valence-electron chi connectivity index (χ2n) is 33.6. The van der Waals surface area contributed by atoms with Crippen molar-refractivity contribution in [1.29, 1.82) is 5.26 Å². The van der Waals surface area contributed by atoms with Crippen LogP contribution in [0.3, 0.4) is 0 Å². The fourth-order valence-electron chi connectivity index (χ4n) is 16.6. The zero-order chi connectivity index (χ0) is 74.7. The van der Waals surface area contributed by atoms with Gasteiger partial charge in [-0.1, -0.05) is 308 Å². The molecule has 0 bridgehead atoms. The fraction of sp³-hybridized carbons (Fsp3) is 0.157. The molecule has 0 N–H and O–H groups in total. The van der Waals surface area contributed by atoms with Crippen LogP contribution in [0, 0.1) is 17.9 Å². The SMILES string of the molecule is [C-]#[N+]c1ccc(-c2cc(-c3ccccc3)c(N3c4cc(-n5c6ccccc6c6ccccc65)ccc4B4c5cc(-c6cccc(C(C)(C)C)c6)ccc5N(c5c(-c6ccccc6)cc(-c6ccc(C#N)cc6)cc5-c5cccc(C(C)(C)C)c5)c5cc(C(C)(C)C)cc3c54)c(-c3cccc(C(C)(C)C)c3)c2)cc1. The van der Waals surface area contributed by atoms with Crippen molar-refractivity contribution < 1.29 is 0 Å². The molecule has 0 spiro atoms. The molecule has 0 amide bonds. The summed E-state index contributed by atoms with van der Waals surface area (Å²) in [4.78, 5) is 9.24. The lowest BCUT2D eigenvalue weighted by molar-refractivity contribution is 0.590. The number of rotatable bonds is 10. The van der Waals surface area contributed by atoms with Crippen LogP contribution in [0.15, 0.2) is 303 Å². The minimum atomic E-state index is -0.384. The normalized spacial score (nSPS) is 12.7. The summed E-state index contributed by atoms with van der Waals surface area (Å²) in [6.45, 7) is 35.6. The molecule has 108 heavy (non-hydrogen) atoms. The van der Waals surface area contributed by atoms with E-state index in [1.165, 1.54) is 55.0 Å². The van der Waals surface area contributed by atoms with E-state index in [1.807, 2.05) is 24.3 Å². The lowest BCUT2D eigenvalue weighted by atomic mass is 9.33. The largest absolute Gasteiger partial charge is 0.310 e. The van der Waals surface area contributed by atoms with Gasteiger partial charge >= 0.3 is 0 Å². The van der Waals surface area contributed by atoms with Gasteiger partial charge in [0.15, 0.2) is 5.69 Å². The molecule has 17 rings (SSSR count). The van der Waals surface area contributed by atoms with Gasteiger partial charge in [0, 0.05) is 61.5 Å². The maximum Gasteiger partial charge on any atom is 0.252 e. The second-order valence-corrected chi connectivity index (χ2v) is 33.6.